The Morgan fingerprint density at radius 3 is 3.00 bits per heavy atom. The number of hydrogen-bond donors (Lipinski definition) is 2. The Hall–Kier alpha value is -1.66. The lowest BCUT2D eigenvalue weighted by Gasteiger charge is -2.28. The summed E-state index contributed by atoms with van der Waals surface area (Å²) in [6.45, 7) is 0.681. The quantitative estimate of drug-likeness (QED) is 0.848. The van der Waals surface area contributed by atoms with Gasteiger partial charge < -0.3 is 19.9 Å². The van der Waals surface area contributed by atoms with E-state index < -0.39 is 17.8 Å². The zero-order chi connectivity index (χ0) is 13.8. The number of methoxy groups -OCH3 is 1. The summed E-state index contributed by atoms with van der Waals surface area (Å²) in [6, 6.07) is 3.61. The minimum Gasteiger partial charge on any atom is -0.494 e. The average Bonchev–Trinajstić information content (AvgIpc) is 2.41. The molecule has 0 unspecified atom stereocenters. The Kier molecular flexibility index (Phi) is 4.34. The van der Waals surface area contributed by atoms with Gasteiger partial charge in [-0.3, -0.25) is 4.79 Å². The summed E-state index contributed by atoms with van der Waals surface area (Å²) in [7, 11) is 1.36. The second-order valence-corrected chi connectivity index (χ2v) is 4.36. The fourth-order valence-corrected chi connectivity index (χ4v) is 1.95. The minimum atomic E-state index is -0.735. The molecule has 0 radical (unpaired) electrons. The first-order valence-corrected chi connectivity index (χ1v) is 6.02. The molecule has 1 heterocycles. The van der Waals surface area contributed by atoms with E-state index in [0.717, 1.165) is 6.07 Å². The molecule has 1 amide bonds. The molecule has 0 saturated carbocycles. The molecule has 1 aromatic rings. The number of aliphatic hydroxyl groups excluding tert-OH is 1. The van der Waals surface area contributed by atoms with Crippen LogP contribution in [-0.2, 0) is 4.74 Å². The van der Waals surface area contributed by atoms with Crippen molar-refractivity contribution in [1.29, 1.82) is 0 Å². The SMILES string of the molecule is COc1ccc(C(=O)N[C@@H]2CCOC[C@H]2O)cc1F. The molecule has 2 N–H and O–H groups in total. The first-order chi connectivity index (χ1) is 9.11. The van der Waals surface area contributed by atoms with Crippen LogP contribution in [0.25, 0.3) is 0 Å². The molecule has 19 heavy (non-hydrogen) atoms. The number of halogens is 1. The Morgan fingerprint density at radius 2 is 2.37 bits per heavy atom. The van der Waals surface area contributed by atoms with Crippen molar-refractivity contribution in [2.75, 3.05) is 20.3 Å². The zero-order valence-electron chi connectivity index (χ0n) is 10.6. The molecular weight excluding hydrogens is 253 g/mol. The van der Waals surface area contributed by atoms with Crippen LogP contribution in [0.3, 0.4) is 0 Å². The molecule has 6 heteroatoms. The van der Waals surface area contributed by atoms with Gasteiger partial charge in [0.15, 0.2) is 11.6 Å². The van der Waals surface area contributed by atoms with Crippen molar-refractivity contribution in [3.8, 4) is 5.75 Å². The van der Waals surface area contributed by atoms with Gasteiger partial charge in [0, 0.05) is 12.2 Å². The van der Waals surface area contributed by atoms with Crippen LogP contribution in [0.2, 0.25) is 0 Å². The van der Waals surface area contributed by atoms with Crippen LogP contribution < -0.4 is 10.1 Å². The van der Waals surface area contributed by atoms with Gasteiger partial charge in [-0.15, -0.1) is 0 Å². The van der Waals surface area contributed by atoms with Gasteiger partial charge >= 0.3 is 0 Å². The van der Waals surface area contributed by atoms with Crippen LogP contribution in [-0.4, -0.2) is 43.5 Å². The van der Waals surface area contributed by atoms with Crippen LogP contribution in [0.4, 0.5) is 4.39 Å². The predicted octanol–water partition coefficient (Wildman–Crippen LogP) is 0.714. The second-order valence-electron chi connectivity index (χ2n) is 4.36. The molecule has 2 atom stereocenters. The van der Waals surface area contributed by atoms with Crippen LogP contribution >= 0.6 is 0 Å². The highest BCUT2D eigenvalue weighted by molar-refractivity contribution is 5.94. The topological polar surface area (TPSA) is 67.8 Å². The molecular formula is C13H16FNO4. The number of rotatable bonds is 3. The fraction of sp³-hybridized carbons (Fsp3) is 0.462. The summed E-state index contributed by atoms with van der Waals surface area (Å²) in [6.07, 6.45) is -0.202. The van der Waals surface area contributed by atoms with Gasteiger partial charge in [0.05, 0.1) is 25.9 Å². The Labute approximate surface area is 110 Å². The molecule has 0 bridgehead atoms. The number of nitrogens with one attached hydrogen (secondary N) is 1. The molecule has 1 aromatic carbocycles. The summed E-state index contributed by atoms with van der Waals surface area (Å²) < 4.78 is 23.3. The number of benzene rings is 1. The van der Waals surface area contributed by atoms with Crippen LogP contribution in [0.15, 0.2) is 18.2 Å². The number of carbonyl (C=O) groups excluding carboxylic acids is 1. The van der Waals surface area contributed by atoms with Gasteiger partial charge in [-0.25, -0.2) is 4.39 Å². The molecule has 0 aliphatic carbocycles. The summed E-state index contributed by atoms with van der Waals surface area (Å²) >= 11 is 0. The van der Waals surface area contributed by atoms with Crippen LogP contribution in [0.1, 0.15) is 16.8 Å². The largest absolute Gasteiger partial charge is 0.494 e. The van der Waals surface area contributed by atoms with E-state index in [1.165, 1.54) is 19.2 Å². The standard InChI is InChI=1S/C13H16FNO4/c1-18-12-3-2-8(6-9(12)14)13(17)15-10-4-5-19-7-11(10)16/h2-3,6,10-11,16H,4-5,7H2,1H3,(H,15,17)/t10-,11-/m1/s1. The van der Waals surface area contributed by atoms with Crippen molar-refractivity contribution >= 4 is 5.91 Å². The van der Waals surface area contributed by atoms with Crippen molar-refractivity contribution in [1.82, 2.24) is 5.32 Å². The first-order valence-electron chi connectivity index (χ1n) is 6.02. The van der Waals surface area contributed by atoms with Gasteiger partial charge in [-0.2, -0.15) is 0 Å². The maximum atomic E-state index is 13.5. The third-order valence-electron chi connectivity index (χ3n) is 3.06. The van der Waals surface area contributed by atoms with Crippen molar-refractivity contribution in [3.05, 3.63) is 29.6 Å². The summed E-state index contributed by atoms with van der Waals surface area (Å²) in [5.74, 6) is -0.933. The van der Waals surface area contributed by atoms with Gasteiger partial charge in [-0.1, -0.05) is 0 Å². The Bertz CT molecular complexity index is 466. The molecule has 1 saturated heterocycles. The van der Waals surface area contributed by atoms with E-state index >= 15 is 0 Å². The first kappa shape index (κ1) is 13.8. The number of ether oxygens (including phenoxy) is 2. The lowest BCUT2D eigenvalue weighted by molar-refractivity contribution is -0.0260. The highest BCUT2D eigenvalue weighted by Gasteiger charge is 2.25. The normalized spacial score (nSPS) is 22.9. The monoisotopic (exact) mass is 269 g/mol. The molecule has 0 spiro atoms. The van der Waals surface area contributed by atoms with E-state index in [9.17, 15) is 14.3 Å². The molecule has 104 valence electrons. The van der Waals surface area contributed by atoms with Crippen LogP contribution in [0, 0.1) is 5.82 Å². The maximum Gasteiger partial charge on any atom is 0.251 e. The van der Waals surface area contributed by atoms with E-state index in [2.05, 4.69) is 5.32 Å². The number of hydrogen-bond acceptors (Lipinski definition) is 4. The zero-order valence-corrected chi connectivity index (χ0v) is 10.6. The number of carbonyl (C=O) groups is 1. The Morgan fingerprint density at radius 1 is 1.58 bits per heavy atom. The smallest absolute Gasteiger partial charge is 0.251 e. The van der Waals surface area contributed by atoms with Crippen LogP contribution in [0.5, 0.6) is 5.75 Å². The lowest BCUT2D eigenvalue weighted by atomic mass is 10.1. The third-order valence-corrected chi connectivity index (χ3v) is 3.06. The van der Waals surface area contributed by atoms with Crippen molar-refractivity contribution in [3.63, 3.8) is 0 Å². The fourth-order valence-electron chi connectivity index (χ4n) is 1.95. The van der Waals surface area contributed by atoms with Gasteiger partial charge in [0.1, 0.15) is 0 Å². The molecule has 1 fully saturated rings. The Balaban J connectivity index is 2.05. The molecule has 0 aromatic heterocycles. The summed E-state index contributed by atoms with van der Waals surface area (Å²) in [5.41, 5.74) is 0.192. The molecule has 1 aliphatic rings. The van der Waals surface area contributed by atoms with Gasteiger partial charge in [0.2, 0.25) is 0 Å². The van der Waals surface area contributed by atoms with Crippen molar-refractivity contribution in [2.24, 2.45) is 0 Å². The lowest BCUT2D eigenvalue weighted by Crippen LogP contribution is -2.48. The minimum absolute atomic E-state index is 0.0858. The van der Waals surface area contributed by atoms with E-state index in [4.69, 9.17) is 9.47 Å². The molecule has 2 rings (SSSR count). The molecule has 5 nitrogen and oxygen atoms in total. The highest BCUT2D eigenvalue weighted by Crippen LogP contribution is 2.18. The van der Waals surface area contributed by atoms with E-state index in [-0.39, 0.29) is 24.0 Å². The van der Waals surface area contributed by atoms with Crippen molar-refractivity contribution in [2.45, 2.75) is 18.6 Å². The van der Waals surface area contributed by atoms with E-state index in [1.807, 2.05) is 0 Å². The summed E-state index contributed by atoms with van der Waals surface area (Å²) in [5, 5.41) is 12.3. The maximum absolute atomic E-state index is 13.5. The van der Waals surface area contributed by atoms with Gasteiger partial charge in [0.25, 0.3) is 5.91 Å². The van der Waals surface area contributed by atoms with E-state index in [0.29, 0.717) is 13.0 Å². The van der Waals surface area contributed by atoms with E-state index in [1.54, 1.807) is 0 Å². The predicted molar refractivity (Wildman–Crippen MR) is 65.6 cm³/mol. The van der Waals surface area contributed by atoms with Gasteiger partial charge in [-0.05, 0) is 24.6 Å². The van der Waals surface area contributed by atoms with Crippen molar-refractivity contribution < 1.29 is 23.8 Å². The number of amides is 1. The third kappa shape index (κ3) is 3.21. The molecule has 1 aliphatic heterocycles. The number of aliphatic hydroxyl groups is 1. The summed E-state index contributed by atoms with van der Waals surface area (Å²) in [4.78, 5) is 11.9. The average molecular weight is 269 g/mol. The second kappa shape index (κ2) is 5.99. The highest BCUT2D eigenvalue weighted by atomic mass is 19.1.